The van der Waals surface area contributed by atoms with Crippen molar-refractivity contribution in [3.8, 4) is 5.75 Å². The van der Waals surface area contributed by atoms with Crippen LogP contribution in [0.5, 0.6) is 5.75 Å². The summed E-state index contributed by atoms with van der Waals surface area (Å²) in [6.45, 7) is 4.91. The number of aliphatic hydroxyl groups is 1. The van der Waals surface area contributed by atoms with Crippen LogP contribution in [0, 0.1) is 6.92 Å². The summed E-state index contributed by atoms with van der Waals surface area (Å²) in [5.41, 5.74) is 1.66. The number of aryl methyl sites for hydroxylation is 1. The summed E-state index contributed by atoms with van der Waals surface area (Å²) >= 11 is 0. The number of nitrogens with zero attached hydrogens (tertiary/aromatic N) is 1. The van der Waals surface area contributed by atoms with Gasteiger partial charge >= 0.3 is 6.03 Å². The van der Waals surface area contributed by atoms with Crippen LogP contribution in [0.1, 0.15) is 18.9 Å². The summed E-state index contributed by atoms with van der Waals surface area (Å²) in [7, 11) is 2.98. The molecule has 1 saturated heterocycles. The van der Waals surface area contributed by atoms with Crippen molar-refractivity contribution in [1.29, 1.82) is 0 Å². The molecular formula is C17H26N2O5. The molecule has 1 aliphatic heterocycles. The number of benzene rings is 1. The number of aliphatic hydroxyl groups excluding tert-OH is 1. The number of methoxy groups -OCH3 is 2. The molecule has 0 aromatic heterocycles. The van der Waals surface area contributed by atoms with Gasteiger partial charge in [-0.2, -0.15) is 0 Å². The van der Waals surface area contributed by atoms with Gasteiger partial charge in [-0.1, -0.05) is 6.07 Å². The second-order valence-electron chi connectivity index (χ2n) is 5.79. The molecule has 0 radical (unpaired) electrons. The van der Waals surface area contributed by atoms with E-state index in [9.17, 15) is 9.90 Å². The minimum Gasteiger partial charge on any atom is -0.492 e. The molecule has 1 heterocycles. The Labute approximate surface area is 142 Å². The normalized spacial score (nSPS) is 19.9. The van der Waals surface area contributed by atoms with E-state index in [4.69, 9.17) is 14.2 Å². The lowest BCUT2D eigenvalue weighted by Crippen LogP contribution is -2.59. The highest BCUT2D eigenvalue weighted by atomic mass is 16.7. The van der Waals surface area contributed by atoms with E-state index >= 15 is 0 Å². The number of rotatable bonds is 5. The van der Waals surface area contributed by atoms with Crippen molar-refractivity contribution >= 4 is 11.7 Å². The van der Waals surface area contributed by atoms with Gasteiger partial charge in [0.2, 0.25) is 0 Å². The van der Waals surface area contributed by atoms with E-state index in [0.29, 0.717) is 31.0 Å². The Balaban J connectivity index is 2.06. The lowest BCUT2D eigenvalue weighted by Gasteiger charge is -2.43. The monoisotopic (exact) mass is 338 g/mol. The lowest BCUT2D eigenvalue weighted by molar-refractivity contribution is -0.275. The van der Waals surface area contributed by atoms with Crippen molar-refractivity contribution in [3.05, 3.63) is 23.8 Å². The zero-order chi connectivity index (χ0) is 17.7. The maximum Gasteiger partial charge on any atom is 0.322 e. The molecule has 2 N–H and O–H groups in total. The quantitative estimate of drug-likeness (QED) is 0.803. The highest BCUT2D eigenvalue weighted by Crippen LogP contribution is 2.29. The number of nitrogens with one attached hydrogen (secondary N) is 1. The first-order valence-electron chi connectivity index (χ1n) is 8.03. The number of urea groups is 1. The molecule has 1 atom stereocenters. The van der Waals surface area contributed by atoms with Gasteiger partial charge < -0.3 is 29.5 Å². The van der Waals surface area contributed by atoms with Crippen LogP contribution in [0.2, 0.25) is 0 Å². The van der Waals surface area contributed by atoms with E-state index in [1.807, 2.05) is 32.0 Å². The molecule has 7 nitrogen and oxygen atoms in total. The van der Waals surface area contributed by atoms with Crippen LogP contribution in [0.3, 0.4) is 0 Å². The van der Waals surface area contributed by atoms with Crippen molar-refractivity contribution in [1.82, 2.24) is 4.90 Å². The minimum absolute atomic E-state index is 0.128. The number of ether oxygens (including phenoxy) is 3. The number of carbonyl (C=O) groups excluding carboxylic acids is 1. The van der Waals surface area contributed by atoms with Crippen molar-refractivity contribution in [2.45, 2.75) is 32.2 Å². The predicted molar refractivity (Wildman–Crippen MR) is 90.3 cm³/mol. The fraction of sp³-hybridized carbons (Fsp3) is 0.588. The van der Waals surface area contributed by atoms with Crippen LogP contribution in [0.25, 0.3) is 0 Å². The third kappa shape index (κ3) is 3.80. The third-order valence-electron chi connectivity index (χ3n) is 4.29. The van der Waals surface area contributed by atoms with Crippen LogP contribution < -0.4 is 10.1 Å². The fourth-order valence-corrected chi connectivity index (χ4v) is 2.84. The van der Waals surface area contributed by atoms with Gasteiger partial charge in [0.1, 0.15) is 11.9 Å². The Bertz CT molecular complexity index is 574. The summed E-state index contributed by atoms with van der Waals surface area (Å²) in [6, 6.07) is 5.31. The number of hydrogen-bond donors (Lipinski definition) is 2. The van der Waals surface area contributed by atoms with Gasteiger partial charge in [-0.25, -0.2) is 4.79 Å². The first-order valence-corrected chi connectivity index (χ1v) is 8.03. The van der Waals surface area contributed by atoms with Crippen LogP contribution in [0.4, 0.5) is 10.5 Å². The summed E-state index contributed by atoms with van der Waals surface area (Å²) in [6.07, 6.45) is -0.530. The molecule has 2 rings (SSSR count). The first-order chi connectivity index (χ1) is 11.5. The molecule has 1 aromatic carbocycles. The molecule has 7 heteroatoms. The average Bonchev–Trinajstić information content (AvgIpc) is 2.57. The van der Waals surface area contributed by atoms with Crippen molar-refractivity contribution < 1.29 is 24.1 Å². The number of anilines is 1. The van der Waals surface area contributed by atoms with Gasteiger partial charge in [-0.05, 0) is 31.5 Å². The van der Waals surface area contributed by atoms with Crippen molar-refractivity contribution in [3.63, 3.8) is 0 Å². The Morgan fingerprint density at radius 3 is 2.71 bits per heavy atom. The van der Waals surface area contributed by atoms with Gasteiger partial charge in [-0.15, -0.1) is 0 Å². The Kier molecular flexibility index (Phi) is 6.04. The molecule has 0 saturated carbocycles. The highest BCUT2D eigenvalue weighted by molar-refractivity contribution is 5.91. The highest BCUT2D eigenvalue weighted by Gasteiger charge is 2.44. The molecule has 1 aliphatic rings. The second-order valence-corrected chi connectivity index (χ2v) is 5.79. The maximum absolute atomic E-state index is 12.5. The zero-order valence-corrected chi connectivity index (χ0v) is 14.7. The van der Waals surface area contributed by atoms with E-state index in [-0.39, 0.29) is 12.6 Å². The number of hydrogen-bond acceptors (Lipinski definition) is 5. The molecule has 1 aromatic rings. The Morgan fingerprint density at radius 2 is 2.12 bits per heavy atom. The summed E-state index contributed by atoms with van der Waals surface area (Å²) in [5.74, 6) is -0.427. The Hall–Kier alpha value is -1.83. The standard InChI is InChI=1S/C17H26N2O5/c1-5-24-14-10-12(2)6-7-13(14)18-16(21)19-9-8-17(22-3,23-4)15(20)11-19/h6-7,10,15,20H,5,8-9,11H2,1-4H3,(H,18,21). The number of piperidine rings is 1. The number of amides is 2. The van der Waals surface area contributed by atoms with Gasteiger partial charge in [0.15, 0.2) is 5.79 Å². The maximum atomic E-state index is 12.5. The smallest absolute Gasteiger partial charge is 0.322 e. The van der Waals surface area contributed by atoms with E-state index in [1.165, 1.54) is 19.1 Å². The molecule has 134 valence electrons. The van der Waals surface area contributed by atoms with Gasteiger partial charge in [-0.3, -0.25) is 0 Å². The van der Waals surface area contributed by atoms with Crippen molar-refractivity contribution in [2.24, 2.45) is 0 Å². The van der Waals surface area contributed by atoms with Gasteiger partial charge in [0.05, 0.1) is 18.8 Å². The lowest BCUT2D eigenvalue weighted by atomic mass is 10.0. The molecule has 1 fully saturated rings. The Morgan fingerprint density at radius 1 is 1.42 bits per heavy atom. The number of likely N-dealkylation sites (tertiary alicyclic amines) is 1. The van der Waals surface area contributed by atoms with Crippen LogP contribution in [-0.2, 0) is 9.47 Å². The largest absolute Gasteiger partial charge is 0.492 e. The molecule has 1 unspecified atom stereocenters. The second kappa shape index (κ2) is 7.83. The van der Waals surface area contributed by atoms with Crippen LogP contribution in [-0.4, -0.2) is 61.8 Å². The summed E-state index contributed by atoms with van der Waals surface area (Å²) < 4.78 is 16.2. The minimum atomic E-state index is -1.06. The molecule has 0 bridgehead atoms. The summed E-state index contributed by atoms with van der Waals surface area (Å²) in [4.78, 5) is 14.0. The average molecular weight is 338 g/mol. The van der Waals surface area contributed by atoms with Gasteiger partial charge in [0, 0.05) is 27.2 Å². The number of β-amino-alcohol motifs (C(OH)–C–C–N with tert-alkyl or cyclic N) is 1. The molecule has 0 aliphatic carbocycles. The third-order valence-corrected chi connectivity index (χ3v) is 4.29. The SMILES string of the molecule is CCOc1cc(C)ccc1NC(=O)N1CCC(OC)(OC)C(O)C1. The summed E-state index contributed by atoms with van der Waals surface area (Å²) in [5, 5.41) is 13.1. The van der Waals surface area contributed by atoms with E-state index < -0.39 is 11.9 Å². The van der Waals surface area contributed by atoms with Crippen LogP contribution >= 0.6 is 0 Å². The van der Waals surface area contributed by atoms with Gasteiger partial charge in [0.25, 0.3) is 0 Å². The van der Waals surface area contributed by atoms with E-state index in [1.54, 1.807) is 0 Å². The molecule has 0 spiro atoms. The zero-order valence-electron chi connectivity index (χ0n) is 14.7. The van der Waals surface area contributed by atoms with E-state index in [2.05, 4.69) is 5.32 Å². The van der Waals surface area contributed by atoms with E-state index in [0.717, 1.165) is 5.56 Å². The first kappa shape index (κ1) is 18.5. The molecule has 2 amide bonds. The van der Waals surface area contributed by atoms with Crippen molar-refractivity contribution in [2.75, 3.05) is 39.2 Å². The topological polar surface area (TPSA) is 80.3 Å². The molecule has 24 heavy (non-hydrogen) atoms. The predicted octanol–water partition coefficient (Wildman–Crippen LogP) is 1.98. The fourth-order valence-electron chi connectivity index (χ4n) is 2.84. The van der Waals surface area contributed by atoms with Crippen LogP contribution in [0.15, 0.2) is 18.2 Å². The molecular weight excluding hydrogens is 312 g/mol. The number of carbonyl (C=O) groups is 1.